The zero-order chi connectivity index (χ0) is 33.0. The van der Waals surface area contributed by atoms with Gasteiger partial charge in [-0.1, -0.05) is 109 Å². The lowest BCUT2D eigenvalue weighted by Crippen LogP contribution is -2.04. The lowest BCUT2D eigenvalue weighted by Gasteiger charge is -2.14. The van der Waals surface area contributed by atoms with Crippen LogP contribution in [-0.4, -0.2) is 24.5 Å². The molecule has 6 aromatic carbocycles. The smallest absolute Gasteiger partial charge is 0.166 e. The number of aromatic nitrogens is 5. The SMILES string of the molecule is c1ccc(-c2nc(-c3ccccc3)nc(-c3ccncc3-n3c4ccccc4c4cc(-c5ccc6oc7ccccc7c6c5)ccc43)n2)cc1. The van der Waals surface area contributed by atoms with Crippen LogP contribution < -0.4 is 0 Å². The molecule has 0 aliphatic rings. The Hall–Kier alpha value is -6.92. The molecule has 4 aromatic heterocycles. The molecule has 0 saturated carbocycles. The van der Waals surface area contributed by atoms with Crippen LogP contribution in [0.25, 0.3) is 94.7 Å². The van der Waals surface area contributed by atoms with Gasteiger partial charge in [0.05, 0.1) is 22.9 Å². The summed E-state index contributed by atoms with van der Waals surface area (Å²) in [5.74, 6) is 1.82. The molecule has 0 bridgehead atoms. The summed E-state index contributed by atoms with van der Waals surface area (Å²) in [7, 11) is 0. The predicted octanol–water partition coefficient (Wildman–Crippen LogP) is 10.9. The number of hydrogen-bond donors (Lipinski definition) is 0. The molecule has 0 radical (unpaired) electrons. The molecular formula is C44H27N5O. The lowest BCUT2D eigenvalue weighted by atomic mass is 10.0. The van der Waals surface area contributed by atoms with Crippen LogP contribution >= 0.6 is 0 Å². The number of fused-ring (bicyclic) bond motifs is 6. The third-order valence-corrected chi connectivity index (χ3v) is 9.36. The van der Waals surface area contributed by atoms with E-state index in [1.807, 2.05) is 85.1 Å². The fourth-order valence-electron chi connectivity index (χ4n) is 7.00. The van der Waals surface area contributed by atoms with Gasteiger partial charge >= 0.3 is 0 Å². The maximum atomic E-state index is 6.11. The molecule has 0 spiro atoms. The first-order valence-electron chi connectivity index (χ1n) is 16.5. The maximum absolute atomic E-state index is 6.11. The minimum absolute atomic E-state index is 0.582. The summed E-state index contributed by atoms with van der Waals surface area (Å²) in [6, 6.07) is 51.9. The van der Waals surface area contributed by atoms with Crippen molar-refractivity contribution in [3.8, 4) is 51.0 Å². The summed E-state index contributed by atoms with van der Waals surface area (Å²) in [6.45, 7) is 0. The molecule has 0 atom stereocenters. The Balaban J connectivity index is 1.17. The number of pyridine rings is 1. The Morgan fingerprint density at radius 2 is 1.00 bits per heavy atom. The molecule has 0 unspecified atom stereocenters. The third-order valence-electron chi connectivity index (χ3n) is 9.36. The molecular weight excluding hydrogens is 615 g/mol. The summed E-state index contributed by atoms with van der Waals surface area (Å²) in [4.78, 5) is 19.6. The Bertz CT molecular complexity index is 2820. The van der Waals surface area contributed by atoms with Crippen LogP contribution in [0.1, 0.15) is 0 Å². The molecule has 234 valence electrons. The molecule has 0 aliphatic heterocycles. The van der Waals surface area contributed by atoms with Crippen molar-refractivity contribution < 1.29 is 4.42 Å². The fourth-order valence-corrected chi connectivity index (χ4v) is 7.00. The monoisotopic (exact) mass is 641 g/mol. The van der Waals surface area contributed by atoms with E-state index in [1.165, 1.54) is 0 Å². The van der Waals surface area contributed by atoms with Gasteiger partial charge in [-0.05, 0) is 53.6 Å². The fraction of sp³-hybridized carbons (Fsp3) is 0. The number of furan rings is 1. The van der Waals surface area contributed by atoms with Gasteiger partial charge in [0.1, 0.15) is 11.2 Å². The second-order valence-electron chi connectivity index (χ2n) is 12.3. The normalized spacial score (nSPS) is 11.6. The van der Waals surface area contributed by atoms with Crippen molar-refractivity contribution in [2.45, 2.75) is 0 Å². The van der Waals surface area contributed by atoms with Crippen LogP contribution in [0.2, 0.25) is 0 Å². The average Bonchev–Trinajstić information content (AvgIpc) is 3.73. The molecule has 50 heavy (non-hydrogen) atoms. The van der Waals surface area contributed by atoms with Crippen LogP contribution in [0.4, 0.5) is 0 Å². The highest BCUT2D eigenvalue weighted by molar-refractivity contribution is 6.11. The first-order valence-corrected chi connectivity index (χ1v) is 16.5. The van der Waals surface area contributed by atoms with Crippen molar-refractivity contribution in [2.75, 3.05) is 0 Å². The van der Waals surface area contributed by atoms with E-state index in [1.54, 1.807) is 6.20 Å². The first kappa shape index (κ1) is 28.1. The van der Waals surface area contributed by atoms with E-state index in [-0.39, 0.29) is 0 Å². The highest BCUT2D eigenvalue weighted by Crippen LogP contribution is 2.39. The van der Waals surface area contributed by atoms with Gasteiger partial charge in [-0.3, -0.25) is 4.98 Å². The topological polar surface area (TPSA) is 69.6 Å². The number of rotatable bonds is 5. The van der Waals surface area contributed by atoms with E-state index < -0.39 is 0 Å². The largest absolute Gasteiger partial charge is 0.456 e. The number of para-hydroxylation sites is 2. The van der Waals surface area contributed by atoms with Crippen molar-refractivity contribution in [3.05, 3.63) is 164 Å². The van der Waals surface area contributed by atoms with E-state index in [4.69, 9.17) is 19.4 Å². The summed E-state index contributed by atoms with van der Waals surface area (Å²) in [5.41, 5.74) is 9.81. The standard InChI is InChI=1S/C44H27N5O/c1-3-11-28(12-4-1)42-46-43(29-13-5-2-6-14-29)48-44(47-42)34-23-24-45-27-39(34)49-37-17-9-7-15-32(37)35-25-30(19-21-38(35)49)31-20-22-41-36(26-31)33-16-8-10-18-40(33)50-41/h1-27H. The molecule has 0 aliphatic carbocycles. The van der Waals surface area contributed by atoms with Crippen molar-refractivity contribution >= 4 is 43.7 Å². The molecule has 0 saturated heterocycles. The summed E-state index contributed by atoms with van der Waals surface area (Å²) in [5, 5.41) is 4.54. The third kappa shape index (κ3) is 4.58. The Morgan fingerprint density at radius 3 is 1.76 bits per heavy atom. The van der Waals surface area contributed by atoms with Crippen LogP contribution in [0.3, 0.4) is 0 Å². The summed E-state index contributed by atoms with van der Waals surface area (Å²) in [6.07, 6.45) is 3.70. The quantitative estimate of drug-likeness (QED) is 0.187. The van der Waals surface area contributed by atoms with Crippen LogP contribution in [-0.2, 0) is 0 Å². The van der Waals surface area contributed by atoms with Gasteiger partial charge in [-0.25, -0.2) is 15.0 Å². The Labute approximate surface area is 287 Å². The number of hydrogen-bond acceptors (Lipinski definition) is 5. The van der Waals surface area contributed by atoms with Gasteiger partial charge < -0.3 is 8.98 Å². The zero-order valence-electron chi connectivity index (χ0n) is 26.7. The number of benzene rings is 6. The zero-order valence-corrected chi connectivity index (χ0v) is 26.7. The molecule has 10 aromatic rings. The van der Waals surface area contributed by atoms with Crippen molar-refractivity contribution in [3.63, 3.8) is 0 Å². The van der Waals surface area contributed by atoms with Crippen LogP contribution in [0.15, 0.2) is 168 Å². The van der Waals surface area contributed by atoms with E-state index in [2.05, 4.69) is 82.3 Å². The second kappa shape index (κ2) is 11.4. The summed E-state index contributed by atoms with van der Waals surface area (Å²) >= 11 is 0. The number of nitrogens with zero attached hydrogens (tertiary/aromatic N) is 5. The predicted molar refractivity (Wildman–Crippen MR) is 201 cm³/mol. The molecule has 10 rings (SSSR count). The highest BCUT2D eigenvalue weighted by atomic mass is 16.3. The van der Waals surface area contributed by atoms with Crippen molar-refractivity contribution in [1.82, 2.24) is 24.5 Å². The van der Waals surface area contributed by atoms with Gasteiger partial charge in [0, 0.05) is 44.4 Å². The Kier molecular flexibility index (Phi) is 6.39. The van der Waals surface area contributed by atoms with Gasteiger partial charge in [-0.15, -0.1) is 0 Å². The molecule has 0 amide bonds. The molecule has 6 heteroatoms. The highest BCUT2D eigenvalue weighted by Gasteiger charge is 2.20. The van der Waals surface area contributed by atoms with Gasteiger partial charge in [0.25, 0.3) is 0 Å². The van der Waals surface area contributed by atoms with E-state index in [0.29, 0.717) is 17.5 Å². The van der Waals surface area contributed by atoms with Gasteiger partial charge in [-0.2, -0.15) is 0 Å². The lowest BCUT2D eigenvalue weighted by molar-refractivity contribution is 0.669. The van der Waals surface area contributed by atoms with Crippen molar-refractivity contribution in [1.29, 1.82) is 0 Å². The van der Waals surface area contributed by atoms with Crippen LogP contribution in [0.5, 0.6) is 0 Å². The first-order chi connectivity index (χ1) is 24.8. The van der Waals surface area contributed by atoms with Crippen molar-refractivity contribution in [2.24, 2.45) is 0 Å². The summed E-state index contributed by atoms with van der Waals surface area (Å²) < 4.78 is 8.39. The maximum Gasteiger partial charge on any atom is 0.166 e. The second-order valence-corrected chi connectivity index (χ2v) is 12.3. The Morgan fingerprint density at radius 1 is 0.420 bits per heavy atom. The average molecular weight is 642 g/mol. The van der Waals surface area contributed by atoms with E-state index >= 15 is 0 Å². The van der Waals surface area contributed by atoms with Gasteiger partial charge in [0.15, 0.2) is 17.5 Å². The minimum atomic E-state index is 0.582. The molecule has 0 N–H and O–H groups in total. The molecule has 6 nitrogen and oxygen atoms in total. The van der Waals surface area contributed by atoms with Gasteiger partial charge in [0.2, 0.25) is 0 Å². The molecule has 0 fully saturated rings. The van der Waals surface area contributed by atoms with E-state index in [0.717, 1.165) is 77.2 Å². The molecule has 4 heterocycles. The van der Waals surface area contributed by atoms with Crippen LogP contribution in [0, 0.1) is 0 Å². The minimum Gasteiger partial charge on any atom is -0.456 e. The van der Waals surface area contributed by atoms with E-state index in [9.17, 15) is 0 Å².